The number of aromatic nitrogens is 7. The largest absolute Gasteiger partial charge is 0.285 e. The lowest BCUT2D eigenvalue weighted by Gasteiger charge is -2.10. The fraction of sp³-hybridized carbons (Fsp3) is 0.0741. The highest BCUT2D eigenvalue weighted by Crippen LogP contribution is 2.32. The molecule has 0 spiro atoms. The number of fused-ring (bicyclic) bond motifs is 1. The summed E-state index contributed by atoms with van der Waals surface area (Å²) in [5.74, 6) is 0. The SMILES string of the molecule is Cc1cccc(-c2nnn(Cc3ccccc3)c2-c2ccc3ncc(-c4cn[nH]c4)cc3c2)n1. The summed E-state index contributed by atoms with van der Waals surface area (Å²) in [6.07, 6.45) is 5.54. The van der Waals surface area contributed by atoms with Gasteiger partial charge in [0, 0.05) is 40.2 Å². The maximum absolute atomic E-state index is 4.72. The summed E-state index contributed by atoms with van der Waals surface area (Å²) < 4.78 is 1.95. The fourth-order valence-electron chi connectivity index (χ4n) is 4.16. The lowest BCUT2D eigenvalue weighted by Crippen LogP contribution is -2.04. The van der Waals surface area contributed by atoms with Gasteiger partial charge in [0.25, 0.3) is 0 Å². The Morgan fingerprint density at radius 2 is 1.74 bits per heavy atom. The van der Waals surface area contributed by atoms with Crippen LogP contribution in [0.4, 0.5) is 0 Å². The van der Waals surface area contributed by atoms with E-state index in [-0.39, 0.29) is 0 Å². The Morgan fingerprint density at radius 1 is 0.853 bits per heavy atom. The first-order chi connectivity index (χ1) is 16.7. The van der Waals surface area contributed by atoms with Crippen molar-refractivity contribution in [2.24, 2.45) is 0 Å². The van der Waals surface area contributed by atoms with Crippen LogP contribution in [-0.2, 0) is 6.54 Å². The molecule has 7 nitrogen and oxygen atoms in total. The highest BCUT2D eigenvalue weighted by Gasteiger charge is 2.19. The highest BCUT2D eigenvalue weighted by atomic mass is 15.4. The average Bonchev–Trinajstić information content (AvgIpc) is 3.55. The van der Waals surface area contributed by atoms with Gasteiger partial charge in [0.1, 0.15) is 5.69 Å². The molecular weight excluding hydrogens is 422 g/mol. The van der Waals surface area contributed by atoms with Crippen molar-refractivity contribution in [2.45, 2.75) is 13.5 Å². The molecule has 7 heteroatoms. The summed E-state index contributed by atoms with van der Waals surface area (Å²) in [5, 5.41) is 17.1. The molecule has 0 radical (unpaired) electrons. The van der Waals surface area contributed by atoms with Gasteiger partial charge in [-0.3, -0.25) is 15.1 Å². The molecule has 1 N–H and O–H groups in total. The van der Waals surface area contributed by atoms with E-state index in [0.29, 0.717) is 6.54 Å². The molecule has 0 saturated carbocycles. The quantitative estimate of drug-likeness (QED) is 0.391. The highest BCUT2D eigenvalue weighted by molar-refractivity contribution is 5.89. The van der Waals surface area contributed by atoms with Gasteiger partial charge in [-0.15, -0.1) is 5.10 Å². The van der Waals surface area contributed by atoms with Crippen molar-refractivity contribution in [2.75, 3.05) is 0 Å². The zero-order valence-corrected chi connectivity index (χ0v) is 18.6. The minimum Gasteiger partial charge on any atom is -0.285 e. The molecule has 2 aromatic carbocycles. The molecule has 0 amide bonds. The van der Waals surface area contributed by atoms with Crippen molar-refractivity contribution in [3.8, 4) is 33.8 Å². The predicted molar refractivity (Wildman–Crippen MR) is 132 cm³/mol. The molecule has 6 rings (SSSR count). The summed E-state index contributed by atoms with van der Waals surface area (Å²) in [4.78, 5) is 9.37. The van der Waals surface area contributed by atoms with E-state index in [9.17, 15) is 0 Å². The van der Waals surface area contributed by atoms with Crippen molar-refractivity contribution < 1.29 is 0 Å². The maximum atomic E-state index is 4.72. The van der Waals surface area contributed by atoms with E-state index in [1.165, 1.54) is 0 Å². The number of hydrogen-bond donors (Lipinski definition) is 1. The van der Waals surface area contributed by atoms with E-state index in [0.717, 1.165) is 55.9 Å². The van der Waals surface area contributed by atoms with Gasteiger partial charge in [-0.1, -0.05) is 47.7 Å². The van der Waals surface area contributed by atoms with E-state index in [1.54, 1.807) is 6.20 Å². The summed E-state index contributed by atoms with van der Waals surface area (Å²) in [6, 6.07) is 24.6. The number of nitrogens with one attached hydrogen (secondary N) is 1. The Balaban J connectivity index is 1.52. The van der Waals surface area contributed by atoms with Crippen LogP contribution in [0.15, 0.2) is 91.4 Å². The third kappa shape index (κ3) is 3.73. The Bertz CT molecular complexity index is 1580. The molecule has 164 valence electrons. The van der Waals surface area contributed by atoms with Crippen LogP contribution in [0.1, 0.15) is 11.3 Å². The molecule has 4 aromatic heterocycles. The van der Waals surface area contributed by atoms with Gasteiger partial charge < -0.3 is 0 Å². The first-order valence-corrected chi connectivity index (χ1v) is 11.1. The fourth-order valence-corrected chi connectivity index (χ4v) is 4.16. The number of H-pyrrole nitrogens is 1. The lowest BCUT2D eigenvalue weighted by atomic mass is 10.0. The van der Waals surface area contributed by atoms with E-state index in [2.05, 4.69) is 55.8 Å². The topological polar surface area (TPSA) is 85.2 Å². The summed E-state index contributed by atoms with van der Waals surface area (Å²) >= 11 is 0. The normalized spacial score (nSPS) is 11.2. The van der Waals surface area contributed by atoms with Crippen molar-refractivity contribution in [3.63, 3.8) is 0 Å². The van der Waals surface area contributed by atoms with Crippen molar-refractivity contribution in [1.29, 1.82) is 0 Å². The minimum absolute atomic E-state index is 0.611. The number of aromatic amines is 1. The number of hydrogen-bond acceptors (Lipinski definition) is 5. The molecule has 34 heavy (non-hydrogen) atoms. The van der Waals surface area contributed by atoms with Crippen molar-refractivity contribution in [1.82, 2.24) is 35.2 Å². The summed E-state index contributed by atoms with van der Waals surface area (Å²) in [7, 11) is 0. The second-order valence-corrected chi connectivity index (χ2v) is 8.21. The second-order valence-electron chi connectivity index (χ2n) is 8.21. The van der Waals surface area contributed by atoms with Crippen molar-refractivity contribution >= 4 is 10.9 Å². The number of aryl methyl sites for hydroxylation is 1. The minimum atomic E-state index is 0.611. The monoisotopic (exact) mass is 443 g/mol. The Labute approximate surface area is 196 Å². The molecule has 0 aliphatic rings. The van der Waals surface area contributed by atoms with Gasteiger partial charge in [-0.25, -0.2) is 4.68 Å². The number of pyridine rings is 2. The number of rotatable bonds is 5. The summed E-state index contributed by atoms with van der Waals surface area (Å²) in [6.45, 7) is 2.59. The van der Waals surface area contributed by atoms with Crippen LogP contribution >= 0.6 is 0 Å². The summed E-state index contributed by atoms with van der Waals surface area (Å²) in [5.41, 5.74) is 8.53. The van der Waals surface area contributed by atoms with Gasteiger partial charge in [0.2, 0.25) is 0 Å². The van der Waals surface area contributed by atoms with Gasteiger partial charge >= 0.3 is 0 Å². The first-order valence-electron chi connectivity index (χ1n) is 11.1. The van der Waals surface area contributed by atoms with E-state index in [1.807, 2.05) is 66.5 Å². The van der Waals surface area contributed by atoms with Crippen molar-refractivity contribution in [3.05, 3.63) is 103 Å². The van der Waals surface area contributed by atoms with E-state index in [4.69, 9.17) is 4.98 Å². The molecule has 4 heterocycles. The molecule has 0 fully saturated rings. The molecule has 0 unspecified atom stereocenters. The van der Waals surface area contributed by atoms with Gasteiger partial charge in [0.15, 0.2) is 0 Å². The van der Waals surface area contributed by atoms with Gasteiger partial charge in [0.05, 0.1) is 29.6 Å². The van der Waals surface area contributed by atoms with Crippen LogP contribution in [0.25, 0.3) is 44.7 Å². The molecule has 0 aliphatic heterocycles. The average molecular weight is 444 g/mol. The number of nitrogens with zero attached hydrogens (tertiary/aromatic N) is 6. The Morgan fingerprint density at radius 3 is 2.56 bits per heavy atom. The smallest absolute Gasteiger partial charge is 0.139 e. The van der Waals surface area contributed by atoms with Gasteiger partial charge in [-0.05, 0) is 42.8 Å². The Hall–Kier alpha value is -4.65. The second kappa shape index (κ2) is 8.37. The van der Waals surface area contributed by atoms with Crippen LogP contribution in [0, 0.1) is 6.92 Å². The molecule has 0 aliphatic carbocycles. The zero-order valence-electron chi connectivity index (χ0n) is 18.6. The third-order valence-electron chi connectivity index (χ3n) is 5.83. The maximum Gasteiger partial charge on any atom is 0.139 e. The Kier molecular flexibility index (Phi) is 4.92. The van der Waals surface area contributed by atoms with Crippen LogP contribution in [0.2, 0.25) is 0 Å². The molecule has 0 atom stereocenters. The third-order valence-corrected chi connectivity index (χ3v) is 5.83. The molecular formula is C27H21N7. The van der Waals surface area contributed by atoms with E-state index >= 15 is 0 Å². The predicted octanol–water partition coefficient (Wildman–Crippen LogP) is 5.30. The van der Waals surface area contributed by atoms with Crippen LogP contribution in [0.3, 0.4) is 0 Å². The standard InChI is InChI=1S/C27H21N7/c1-18-6-5-9-25(31-18)26-27(34(33-32-26)17-19-7-3-2-4-8-19)20-10-11-24-21(12-20)13-22(14-28-24)23-15-29-30-16-23/h2-16H,17H2,1H3,(H,29,30). The molecule has 0 bridgehead atoms. The molecule has 0 saturated heterocycles. The van der Waals surface area contributed by atoms with E-state index < -0.39 is 0 Å². The first kappa shape index (κ1) is 20.0. The lowest BCUT2D eigenvalue weighted by molar-refractivity contribution is 0.656. The molecule has 6 aromatic rings. The number of benzene rings is 2. The van der Waals surface area contributed by atoms with Gasteiger partial charge in [-0.2, -0.15) is 5.10 Å². The van der Waals surface area contributed by atoms with Crippen LogP contribution < -0.4 is 0 Å². The zero-order chi connectivity index (χ0) is 22.9. The van der Waals surface area contributed by atoms with Crippen LogP contribution in [-0.4, -0.2) is 35.2 Å². The van der Waals surface area contributed by atoms with Crippen LogP contribution in [0.5, 0.6) is 0 Å².